The predicted molar refractivity (Wildman–Crippen MR) is 97.9 cm³/mol. The number of thioether (sulfide) groups is 1. The van der Waals surface area contributed by atoms with Crippen LogP contribution in [0.5, 0.6) is 0 Å². The molecule has 0 aliphatic carbocycles. The van der Waals surface area contributed by atoms with Gasteiger partial charge in [-0.3, -0.25) is 4.79 Å². The lowest BCUT2D eigenvalue weighted by Gasteiger charge is -2.24. The molecule has 3 rings (SSSR count). The van der Waals surface area contributed by atoms with Gasteiger partial charge in [0.2, 0.25) is 0 Å². The molecule has 8 heteroatoms. The minimum Gasteiger partial charge on any atom is -0.346 e. The molecule has 1 aromatic carbocycles. The summed E-state index contributed by atoms with van der Waals surface area (Å²) >= 11 is 1.39. The van der Waals surface area contributed by atoms with Crippen molar-refractivity contribution in [1.82, 2.24) is 4.90 Å². The predicted octanol–water partition coefficient (Wildman–Crippen LogP) is 2.12. The third-order valence-corrected chi connectivity index (χ3v) is 7.68. The van der Waals surface area contributed by atoms with Crippen LogP contribution < -0.4 is 0 Å². The summed E-state index contributed by atoms with van der Waals surface area (Å²) in [7, 11) is -3.05. The van der Waals surface area contributed by atoms with Crippen LogP contribution in [-0.4, -0.2) is 53.7 Å². The minimum atomic E-state index is -3.05. The number of carbonyl (C=O) groups is 1. The first-order valence-electron chi connectivity index (χ1n) is 8.26. The first-order valence-corrected chi connectivity index (χ1v) is 11.0. The number of amidine groups is 1. The largest absolute Gasteiger partial charge is 0.346 e. The van der Waals surface area contributed by atoms with Gasteiger partial charge in [0.15, 0.2) is 15.0 Å². The summed E-state index contributed by atoms with van der Waals surface area (Å²) in [6.07, 6.45) is 0.638. The summed E-state index contributed by atoms with van der Waals surface area (Å²) in [4.78, 5) is 18.2. The summed E-state index contributed by atoms with van der Waals surface area (Å²) in [5, 5.41) is 0.544. The fraction of sp³-hybridized carbons (Fsp3) is 0.529. The van der Waals surface area contributed by atoms with Crippen LogP contribution in [-0.2, 0) is 21.1 Å². The number of halogens is 1. The first kappa shape index (κ1) is 18.4. The van der Waals surface area contributed by atoms with Gasteiger partial charge in [0, 0.05) is 17.7 Å². The topological polar surface area (TPSA) is 66.8 Å². The molecular formula is C17H21FN2O3S2. The van der Waals surface area contributed by atoms with Crippen LogP contribution >= 0.6 is 11.8 Å². The summed E-state index contributed by atoms with van der Waals surface area (Å²) < 4.78 is 36.9. The number of sulfone groups is 1. The van der Waals surface area contributed by atoms with Crippen molar-refractivity contribution in [1.29, 1.82) is 0 Å². The SMILES string of the molecule is CC(C)C(=O)N=C1S[C@H]2CS(=O)(=O)C[C@H]2N1CCc1ccc(F)cc1. The highest BCUT2D eigenvalue weighted by Crippen LogP contribution is 2.38. The Kier molecular flexibility index (Phi) is 5.20. The number of aliphatic imine (C=N–C) groups is 1. The van der Waals surface area contributed by atoms with Gasteiger partial charge >= 0.3 is 0 Å². The Labute approximate surface area is 151 Å². The molecule has 2 aliphatic rings. The fourth-order valence-corrected chi connectivity index (χ4v) is 7.00. The quantitative estimate of drug-likeness (QED) is 0.796. The van der Waals surface area contributed by atoms with Crippen molar-refractivity contribution in [2.45, 2.75) is 31.6 Å². The van der Waals surface area contributed by atoms with E-state index in [0.29, 0.717) is 18.1 Å². The minimum absolute atomic E-state index is 0.0723. The van der Waals surface area contributed by atoms with E-state index < -0.39 is 9.84 Å². The van der Waals surface area contributed by atoms with Crippen LogP contribution in [0.3, 0.4) is 0 Å². The maximum absolute atomic E-state index is 13.0. The highest BCUT2D eigenvalue weighted by molar-refractivity contribution is 8.15. The molecule has 0 unspecified atom stereocenters. The first-order chi connectivity index (χ1) is 11.7. The van der Waals surface area contributed by atoms with Crippen LogP contribution in [0, 0.1) is 11.7 Å². The number of rotatable bonds is 4. The average molecular weight is 384 g/mol. The van der Waals surface area contributed by atoms with Crippen molar-refractivity contribution in [2.24, 2.45) is 10.9 Å². The van der Waals surface area contributed by atoms with E-state index in [1.807, 2.05) is 4.90 Å². The van der Waals surface area contributed by atoms with E-state index in [9.17, 15) is 17.6 Å². The average Bonchev–Trinajstić information content (AvgIpc) is 2.98. The van der Waals surface area contributed by atoms with Crippen molar-refractivity contribution >= 4 is 32.7 Å². The molecule has 2 atom stereocenters. The van der Waals surface area contributed by atoms with Gasteiger partial charge in [-0.05, 0) is 24.1 Å². The summed E-state index contributed by atoms with van der Waals surface area (Å²) in [6, 6.07) is 6.12. The zero-order valence-corrected chi connectivity index (χ0v) is 15.8. The monoisotopic (exact) mass is 384 g/mol. The van der Waals surface area contributed by atoms with Crippen molar-refractivity contribution < 1.29 is 17.6 Å². The molecule has 25 heavy (non-hydrogen) atoms. The smallest absolute Gasteiger partial charge is 0.250 e. The van der Waals surface area contributed by atoms with Gasteiger partial charge in [0.1, 0.15) is 5.82 Å². The number of amides is 1. The van der Waals surface area contributed by atoms with Gasteiger partial charge in [0.25, 0.3) is 5.91 Å². The van der Waals surface area contributed by atoms with E-state index in [-0.39, 0.29) is 40.4 Å². The van der Waals surface area contributed by atoms with Gasteiger partial charge in [-0.15, -0.1) is 0 Å². The molecule has 0 N–H and O–H groups in total. The second-order valence-electron chi connectivity index (χ2n) is 6.76. The van der Waals surface area contributed by atoms with E-state index in [0.717, 1.165) is 5.56 Å². The van der Waals surface area contributed by atoms with Crippen molar-refractivity contribution in [3.63, 3.8) is 0 Å². The second kappa shape index (κ2) is 7.07. The standard InChI is InChI=1S/C17H21FN2O3S2/c1-11(2)16(21)19-17-20(8-7-12-3-5-13(18)6-4-12)14-9-25(22,23)10-15(14)24-17/h3-6,11,14-15H,7-10H2,1-2H3/t14-,15+/m1/s1. The number of fused-ring (bicyclic) bond motifs is 1. The Bertz CT molecular complexity index is 791. The van der Waals surface area contributed by atoms with Crippen LogP contribution in [0.25, 0.3) is 0 Å². The lowest BCUT2D eigenvalue weighted by Crippen LogP contribution is -2.39. The Morgan fingerprint density at radius 2 is 2.00 bits per heavy atom. The number of benzene rings is 1. The Morgan fingerprint density at radius 1 is 1.32 bits per heavy atom. The highest BCUT2D eigenvalue weighted by atomic mass is 32.2. The molecule has 1 aromatic rings. The zero-order chi connectivity index (χ0) is 18.2. The highest BCUT2D eigenvalue weighted by Gasteiger charge is 2.48. The number of nitrogens with zero attached hydrogens (tertiary/aromatic N) is 2. The molecule has 0 radical (unpaired) electrons. The molecule has 2 aliphatic heterocycles. The van der Waals surface area contributed by atoms with Crippen LogP contribution in [0.2, 0.25) is 0 Å². The Hall–Kier alpha value is -1.41. The van der Waals surface area contributed by atoms with Crippen molar-refractivity contribution in [2.75, 3.05) is 18.1 Å². The molecule has 0 spiro atoms. The molecule has 0 saturated carbocycles. The van der Waals surface area contributed by atoms with Crippen molar-refractivity contribution in [3.8, 4) is 0 Å². The third-order valence-electron chi connectivity index (χ3n) is 4.43. The zero-order valence-electron chi connectivity index (χ0n) is 14.2. The molecule has 136 valence electrons. The van der Waals surface area contributed by atoms with E-state index in [2.05, 4.69) is 4.99 Å². The van der Waals surface area contributed by atoms with Crippen LogP contribution in [0.15, 0.2) is 29.3 Å². The van der Waals surface area contributed by atoms with Gasteiger partial charge in [0.05, 0.1) is 17.5 Å². The molecular weight excluding hydrogens is 363 g/mol. The van der Waals surface area contributed by atoms with Gasteiger partial charge in [-0.25, -0.2) is 12.8 Å². The lowest BCUT2D eigenvalue weighted by atomic mass is 10.1. The molecule has 5 nitrogen and oxygen atoms in total. The molecule has 2 fully saturated rings. The fourth-order valence-electron chi connectivity index (χ4n) is 3.02. The Morgan fingerprint density at radius 3 is 2.64 bits per heavy atom. The molecule has 0 aromatic heterocycles. The molecule has 1 amide bonds. The third kappa shape index (κ3) is 4.23. The number of carbonyl (C=O) groups excluding carboxylic acids is 1. The van der Waals surface area contributed by atoms with Gasteiger partial charge in [-0.2, -0.15) is 4.99 Å². The lowest BCUT2D eigenvalue weighted by molar-refractivity contribution is -0.120. The summed E-state index contributed by atoms with van der Waals surface area (Å²) in [5.74, 6) is -0.451. The summed E-state index contributed by atoms with van der Waals surface area (Å²) in [5.41, 5.74) is 0.963. The normalized spacial score (nSPS) is 26.4. The van der Waals surface area contributed by atoms with E-state index in [1.165, 1.54) is 23.9 Å². The molecule has 0 bridgehead atoms. The van der Waals surface area contributed by atoms with E-state index in [4.69, 9.17) is 0 Å². The molecule has 2 heterocycles. The van der Waals surface area contributed by atoms with Gasteiger partial charge in [-0.1, -0.05) is 37.7 Å². The Balaban J connectivity index is 1.79. The van der Waals surface area contributed by atoms with Crippen LogP contribution in [0.4, 0.5) is 4.39 Å². The number of hydrogen-bond acceptors (Lipinski definition) is 4. The maximum atomic E-state index is 13.0. The number of hydrogen-bond donors (Lipinski definition) is 0. The second-order valence-corrected chi connectivity index (χ2v) is 10.1. The van der Waals surface area contributed by atoms with Gasteiger partial charge < -0.3 is 4.90 Å². The maximum Gasteiger partial charge on any atom is 0.250 e. The van der Waals surface area contributed by atoms with Crippen LogP contribution in [0.1, 0.15) is 19.4 Å². The van der Waals surface area contributed by atoms with Crippen molar-refractivity contribution in [3.05, 3.63) is 35.6 Å². The van der Waals surface area contributed by atoms with E-state index in [1.54, 1.807) is 26.0 Å². The molecule has 2 saturated heterocycles. The summed E-state index contributed by atoms with van der Waals surface area (Å²) in [6.45, 7) is 4.14. The van der Waals surface area contributed by atoms with E-state index >= 15 is 0 Å².